The van der Waals surface area contributed by atoms with E-state index in [0.29, 0.717) is 0 Å². The number of para-hydroxylation sites is 1. The topological polar surface area (TPSA) is 16.4 Å². The zero-order chi connectivity index (χ0) is 41.1. The predicted molar refractivity (Wildman–Crippen MR) is 258 cm³/mol. The molecule has 0 spiro atoms. The molecule has 2 nitrogen and oxygen atoms in total. The normalized spacial score (nSPS) is 14.7. The highest BCUT2D eigenvalue weighted by atomic mass is 16.3. The number of benzene rings is 9. The summed E-state index contributed by atoms with van der Waals surface area (Å²) >= 11 is 0. The van der Waals surface area contributed by atoms with Crippen LogP contribution in [0.2, 0.25) is 0 Å². The van der Waals surface area contributed by atoms with Crippen molar-refractivity contribution < 1.29 is 4.42 Å². The molecule has 0 saturated heterocycles. The molecule has 9 aromatic carbocycles. The van der Waals surface area contributed by atoms with Crippen LogP contribution < -0.4 is 4.90 Å². The van der Waals surface area contributed by atoms with Crippen LogP contribution in [0.25, 0.3) is 55.0 Å². The van der Waals surface area contributed by atoms with Gasteiger partial charge in [0.25, 0.3) is 0 Å². The van der Waals surface area contributed by atoms with Crippen LogP contribution in [0.4, 0.5) is 17.1 Å². The van der Waals surface area contributed by atoms with Gasteiger partial charge in [-0.3, -0.25) is 0 Å². The minimum Gasteiger partial charge on any atom is -0.456 e. The Morgan fingerprint density at radius 3 is 1.85 bits per heavy atom. The van der Waals surface area contributed by atoms with Crippen LogP contribution in [0.3, 0.4) is 0 Å². The van der Waals surface area contributed by atoms with E-state index in [-0.39, 0.29) is 11.3 Å². The molecular formula is C60H45NO. The summed E-state index contributed by atoms with van der Waals surface area (Å²) in [5.74, 6) is 0.0616. The number of anilines is 3. The lowest BCUT2D eigenvalue weighted by molar-refractivity contribution is 0.471. The third kappa shape index (κ3) is 5.42. The Morgan fingerprint density at radius 2 is 1.10 bits per heavy atom. The maximum absolute atomic E-state index is 7.17. The predicted octanol–water partition coefficient (Wildman–Crippen LogP) is 15.8. The van der Waals surface area contributed by atoms with Crippen molar-refractivity contribution in [3.05, 3.63) is 232 Å². The van der Waals surface area contributed by atoms with E-state index in [2.05, 4.69) is 201 Å². The lowest BCUT2D eigenvalue weighted by Gasteiger charge is -2.34. The van der Waals surface area contributed by atoms with Crippen molar-refractivity contribution in [2.24, 2.45) is 0 Å². The highest BCUT2D eigenvalue weighted by molar-refractivity contribution is 6.14. The number of hydrogen-bond donors (Lipinski definition) is 0. The molecule has 1 heterocycles. The Balaban J connectivity index is 0.985. The van der Waals surface area contributed by atoms with Crippen LogP contribution in [-0.4, -0.2) is 0 Å². The first kappa shape index (κ1) is 35.6. The summed E-state index contributed by atoms with van der Waals surface area (Å²) in [6, 6.07) is 68.2. The molecule has 10 aromatic rings. The smallest absolute Gasteiger partial charge is 0.139 e. The van der Waals surface area contributed by atoms with E-state index in [4.69, 9.17) is 4.42 Å². The minimum absolute atomic E-state index is 0.0528. The number of fused-ring (bicyclic) bond motifs is 10. The van der Waals surface area contributed by atoms with Gasteiger partial charge in [0.05, 0.1) is 0 Å². The quantitative estimate of drug-likeness (QED) is 0.156. The fourth-order valence-corrected chi connectivity index (χ4v) is 11.4. The monoisotopic (exact) mass is 795 g/mol. The zero-order valence-electron chi connectivity index (χ0n) is 35.1. The van der Waals surface area contributed by atoms with Gasteiger partial charge in [-0.05, 0) is 163 Å². The molecule has 0 saturated carbocycles. The molecular weight excluding hydrogens is 751 g/mol. The molecule has 1 atom stereocenters. The fourth-order valence-electron chi connectivity index (χ4n) is 11.4. The average molecular weight is 796 g/mol. The van der Waals surface area contributed by atoms with Crippen LogP contribution in [0.1, 0.15) is 76.3 Å². The summed E-state index contributed by atoms with van der Waals surface area (Å²) in [6.07, 6.45) is 4.06. The molecule has 3 aliphatic carbocycles. The molecule has 0 N–H and O–H groups in total. The number of rotatable bonds is 6. The molecule has 0 amide bonds. The maximum Gasteiger partial charge on any atom is 0.139 e. The van der Waals surface area contributed by atoms with Crippen molar-refractivity contribution in [1.29, 1.82) is 0 Å². The van der Waals surface area contributed by atoms with Crippen molar-refractivity contribution in [2.75, 3.05) is 4.90 Å². The van der Waals surface area contributed by atoms with Crippen LogP contribution in [-0.2, 0) is 24.7 Å². The van der Waals surface area contributed by atoms with E-state index < -0.39 is 0 Å². The molecule has 0 bridgehead atoms. The van der Waals surface area contributed by atoms with Gasteiger partial charge in [-0.1, -0.05) is 141 Å². The van der Waals surface area contributed by atoms with Gasteiger partial charge in [-0.15, -0.1) is 0 Å². The van der Waals surface area contributed by atoms with Crippen LogP contribution in [0.15, 0.2) is 186 Å². The molecule has 0 unspecified atom stereocenters. The fraction of sp³-hybridized carbons (Fsp3) is 0.133. The molecule has 13 rings (SSSR count). The third-order valence-corrected chi connectivity index (χ3v) is 14.4. The lowest BCUT2D eigenvalue weighted by Crippen LogP contribution is -2.23. The second-order valence-electron chi connectivity index (χ2n) is 18.5. The van der Waals surface area contributed by atoms with Crippen molar-refractivity contribution in [2.45, 2.75) is 50.9 Å². The van der Waals surface area contributed by atoms with E-state index in [0.717, 1.165) is 42.5 Å². The van der Waals surface area contributed by atoms with Gasteiger partial charge in [0.1, 0.15) is 11.2 Å². The third-order valence-electron chi connectivity index (χ3n) is 14.4. The first-order valence-corrected chi connectivity index (χ1v) is 22.2. The Kier molecular flexibility index (Phi) is 7.70. The van der Waals surface area contributed by atoms with Gasteiger partial charge in [0.15, 0.2) is 0 Å². The molecule has 0 radical (unpaired) electrons. The van der Waals surface area contributed by atoms with Gasteiger partial charge in [0, 0.05) is 39.3 Å². The maximum atomic E-state index is 7.17. The van der Waals surface area contributed by atoms with E-state index in [9.17, 15) is 0 Å². The number of aryl methyl sites for hydroxylation is 1. The summed E-state index contributed by atoms with van der Waals surface area (Å²) in [6.45, 7) is 4.82. The molecule has 0 aliphatic heterocycles. The van der Waals surface area contributed by atoms with Crippen molar-refractivity contribution in [1.82, 2.24) is 0 Å². The van der Waals surface area contributed by atoms with Gasteiger partial charge < -0.3 is 9.32 Å². The standard InChI is InChI=1S/C60H45NO/c1-60(2)28-27-44-31-48(61(46-17-7-4-8-18-46)47-25-23-41-30-39-16-10-12-20-50(39)53(41)36-47)32-45-34-54-51-26-24-43(35-55(51)62-59(54)58(60)57(44)45)56(37-13-5-3-6-14-37)42-22-21-40-29-38-15-9-11-19-49(38)52(40)33-42/h3-26,31-36,56H,27-30H2,1-2H3/t56-/m1/s1. The van der Waals surface area contributed by atoms with E-state index >= 15 is 0 Å². The van der Waals surface area contributed by atoms with E-state index in [1.807, 2.05) is 0 Å². The summed E-state index contributed by atoms with van der Waals surface area (Å²) in [5, 5.41) is 4.99. The summed E-state index contributed by atoms with van der Waals surface area (Å²) < 4.78 is 7.17. The van der Waals surface area contributed by atoms with E-state index in [1.165, 1.54) is 105 Å². The Morgan fingerprint density at radius 1 is 0.468 bits per heavy atom. The van der Waals surface area contributed by atoms with Crippen LogP contribution in [0, 0.1) is 0 Å². The largest absolute Gasteiger partial charge is 0.456 e. The number of nitrogens with zero attached hydrogens (tertiary/aromatic N) is 1. The van der Waals surface area contributed by atoms with E-state index in [1.54, 1.807) is 0 Å². The molecule has 2 heteroatoms. The zero-order valence-corrected chi connectivity index (χ0v) is 35.1. The molecule has 3 aliphatic rings. The highest BCUT2D eigenvalue weighted by Crippen LogP contribution is 2.51. The van der Waals surface area contributed by atoms with Gasteiger partial charge in [-0.2, -0.15) is 0 Å². The first-order valence-electron chi connectivity index (χ1n) is 22.2. The second-order valence-corrected chi connectivity index (χ2v) is 18.5. The second kappa shape index (κ2) is 13.4. The van der Waals surface area contributed by atoms with Gasteiger partial charge in [-0.25, -0.2) is 0 Å². The summed E-state index contributed by atoms with van der Waals surface area (Å²) in [4.78, 5) is 2.46. The molecule has 296 valence electrons. The summed E-state index contributed by atoms with van der Waals surface area (Å²) in [5.41, 5.74) is 23.0. The van der Waals surface area contributed by atoms with Crippen molar-refractivity contribution in [3.63, 3.8) is 0 Å². The van der Waals surface area contributed by atoms with Gasteiger partial charge >= 0.3 is 0 Å². The molecule has 62 heavy (non-hydrogen) atoms. The average Bonchev–Trinajstić information content (AvgIpc) is 3.99. The number of hydrogen-bond acceptors (Lipinski definition) is 2. The lowest BCUT2D eigenvalue weighted by atomic mass is 9.71. The van der Waals surface area contributed by atoms with Crippen LogP contribution >= 0.6 is 0 Å². The molecule has 0 fully saturated rings. The Labute approximate surface area is 362 Å². The highest BCUT2D eigenvalue weighted by Gasteiger charge is 2.34. The first-order chi connectivity index (χ1) is 30.4. The molecule has 1 aromatic heterocycles. The Bertz CT molecular complexity index is 3440. The van der Waals surface area contributed by atoms with Crippen molar-refractivity contribution >= 4 is 49.8 Å². The van der Waals surface area contributed by atoms with Gasteiger partial charge in [0.2, 0.25) is 0 Å². The number of furan rings is 1. The minimum atomic E-state index is -0.0528. The van der Waals surface area contributed by atoms with Crippen LogP contribution in [0.5, 0.6) is 0 Å². The SMILES string of the molecule is CC1(C)CCc2cc(N(c3ccccc3)c3ccc4c(c3)-c3ccccc3C4)cc3cc4c(oc5cc([C@H](c6ccccc6)c6ccc7c(c6)-c6ccccc6C7)ccc54)c1c23. The van der Waals surface area contributed by atoms with Crippen molar-refractivity contribution in [3.8, 4) is 22.3 Å². The Hall–Kier alpha value is -7.16. The summed E-state index contributed by atoms with van der Waals surface area (Å²) in [7, 11) is 0.